The Hall–Kier alpha value is -0.730. The van der Waals surface area contributed by atoms with Crippen molar-refractivity contribution in [3.8, 4) is 0 Å². The fourth-order valence-electron chi connectivity index (χ4n) is 3.15. The van der Waals surface area contributed by atoms with Gasteiger partial charge in [0.15, 0.2) is 0 Å². The monoisotopic (exact) mass is 236 g/mol. The number of halogens is 1. The van der Waals surface area contributed by atoms with Crippen molar-refractivity contribution in [3.05, 3.63) is 28.8 Å². The fraction of sp³-hybridized carbons (Fsp3) is 0.538. The van der Waals surface area contributed by atoms with E-state index in [0.29, 0.717) is 0 Å². The Morgan fingerprint density at radius 3 is 2.94 bits per heavy atom. The summed E-state index contributed by atoms with van der Waals surface area (Å²) in [7, 11) is 0. The van der Waals surface area contributed by atoms with Crippen molar-refractivity contribution < 1.29 is 0 Å². The normalized spacial score (nSPS) is 28.8. The van der Waals surface area contributed by atoms with Gasteiger partial charge in [0.1, 0.15) is 0 Å². The summed E-state index contributed by atoms with van der Waals surface area (Å²) in [4.78, 5) is 2.57. The van der Waals surface area contributed by atoms with Crippen molar-refractivity contribution in [1.82, 2.24) is 4.90 Å². The summed E-state index contributed by atoms with van der Waals surface area (Å²) in [5.74, 6) is 0.936. The zero-order valence-electron chi connectivity index (χ0n) is 9.32. The number of rotatable bonds is 2. The number of hydrogen-bond acceptors (Lipinski definition) is 2. The van der Waals surface area contributed by atoms with E-state index in [1.165, 1.54) is 31.4 Å². The molecule has 0 spiro atoms. The number of hydrogen-bond donors (Lipinski definition) is 1. The molecule has 2 bridgehead atoms. The Balaban J connectivity index is 1.76. The van der Waals surface area contributed by atoms with Gasteiger partial charge in [-0.05, 0) is 48.9 Å². The molecule has 1 aliphatic heterocycles. The molecule has 2 N–H and O–H groups in total. The largest absolute Gasteiger partial charge is 0.398 e. The van der Waals surface area contributed by atoms with Crippen LogP contribution in [0.2, 0.25) is 5.02 Å². The van der Waals surface area contributed by atoms with Gasteiger partial charge in [-0.15, -0.1) is 0 Å². The first-order valence-corrected chi connectivity index (χ1v) is 6.38. The van der Waals surface area contributed by atoms with Crippen molar-refractivity contribution in [2.45, 2.75) is 31.8 Å². The summed E-state index contributed by atoms with van der Waals surface area (Å²) in [6.45, 7) is 2.21. The SMILES string of the molecule is Nc1ccc(Cl)cc1CN1CC2CCC1C2. The predicted octanol–water partition coefficient (Wildman–Crippen LogP) is 2.91. The molecular formula is C13H17ClN2. The van der Waals surface area contributed by atoms with Gasteiger partial charge in [0.05, 0.1) is 0 Å². The number of likely N-dealkylation sites (tertiary alicyclic amines) is 1. The van der Waals surface area contributed by atoms with Crippen LogP contribution in [0.3, 0.4) is 0 Å². The van der Waals surface area contributed by atoms with E-state index in [2.05, 4.69) is 4.90 Å². The van der Waals surface area contributed by atoms with E-state index in [-0.39, 0.29) is 0 Å². The molecule has 2 nitrogen and oxygen atoms in total. The van der Waals surface area contributed by atoms with Crippen LogP contribution in [0, 0.1) is 5.92 Å². The quantitative estimate of drug-likeness (QED) is 0.801. The van der Waals surface area contributed by atoms with Crippen LogP contribution in [-0.4, -0.2) is 17.5 Å². The Morgan fingerprint density at radius 2 is 2.25 bits per heavy atom. The van der Waals surface area contributed by atoms with Crippen LogP contribution < -0.4 is 5.73 Å². The van der Waals surface area contributed by atoms with E-state index in [9.17, 15) is 0 Å². The predicted molar refractivity (Wildman–Crippen MR) is 67.4 cm³/mol. The van der Waals surface area contributed by atoms with Gasteiger partial charge >= 0.3 is 0 Å². The second-order valence-corrected chi connectivity index (χ2v) is 5.54. The van der Waals surface area contributed by atoms with Crippen LogP contribution in [0.4, 0.5) is 5.69 Å². The maximum atomic E-state index is 6.01. The van der Waals surface area contributed by atoms with Gasteiger partial charge in [-0.1, -0.05) is 11.6 Å². The highest BCUT2D eigenvalue weighted by atomic mass is 35.5. The van der Waals surface area contributed by atoms with E-state index in [0.717, 1.165) is 29.2 Å². The van der Waals surface area contributed by atoms with Gasteiger partial charge in [0, 0.05) is 29.8 Å². The van der Waals surface area contributed by atoms with Crippen LogP contribution in [0.1, 0.15) is 24.8 Å². The van der Waals surface area contributed by atoms with Gasteiger partial charge in [0.25, 0.3) is 0 Å². The minimum absolute atomic E-state index is 0.786. The van der Waals surface area contributed by atoms with Crippen LogP contribution in [0.5, 0.6) is 0 Å². The number of piperidine rings is 1. The maximum absolute atomic E-state index is 6.01. The molecule has 0 radical (unpaired) electrons. The van der Waals surface area contributed by atoms with E-state index in [4.69, 9.17) is 17.3 Å². The molecule has 1 aliphatic carbocycles. The average Bonchev–Trinajstić information content (AvgIpc) is 2.85. The molecule has 86 valence electrons. The summed E-state index contributed by atoms with van der Waals surface area (Å²) in [6, 6.07) is 6.56. The zero-order chi connectivity index (χ0) is 11.1. The van der Waals surface area contributed by atoms with E-state index < -0.39 is 0 Å². The van der Waals surface area contributed by atoms with E-state index in [1.54, 1.807) is 0 Å². The molecule has 16 heavy (non-hydrogen) atoms. The standard InChI is InChI=1S/C13H17ClN2/c14-11-2-4-13(15)10(6-11)8-16-7-9-1-3-12(16)5-9/h2,4,6,9,12H,1,3,5,7-8,15H2. The van der Waals surface area contributed by atoms with Crippen LogP contribution in [-0.2, 0) is 6.54 Å². The summed E-state index contributed by atoms with van der Waals surface area (Å²) in [6.07, 6.45) is 4.18. The van der Waals surface area contributed by atoms with Crippen molar-refractivity contribution in [3.63, 3.8) is 0 Å². The summed E-state index contributed by atoms with van der Waals surface area (Å²) in [5, 5.41) is 0.786. The highest BCUT2D eigenvalue weighted by Gasteiger charge is 2.37. The molecule has 3 heteroatoms. The van der Waals surface area contributed by atoms with Gasteiger partial charge in [-0.25, -0.2) is 0 Å². The molecule has 1 aromatic carbocycles. The number of nitrogen functional groups attached to an aromatic ring is 1. The Labute approximate surface area is 101 Å². The third kappa shape index (κ3) is 1.80. The summed E-state index contributed by atoms with van der Waals surface area (Å²) in [5.41, 5.74) is 8.03. The lowest BCUT2D eigenvalue weighted by Crippen LogP contribution is -2.31. The lowest BCUT2D eigenvalue weighted by atomic mass is 10.1. The molecule has 1 heterocycles. The molecule has 2 fully saturated rings. The molecule has 1 saturated heterocycles. The van der Waals surface area contributed by atoms with Gasteiger partial charge in [-0.2, -0.15) is 0 Å². The Morgan fingerprint density at radius 1 is 1.38 bits per heavy atom. The maximum Gasteiger partial charge on any atom is 0.0410 e. The molecule has 1 saturated carbocycles. The second kappa shape index (κ2) is 3.94. The smallest absolute Gasteiger partial charge is 0.0410 e. The van der Waals surface area contributed by atoms with Crippen molar-refractivity contribution in [2.24, 2.45) is 5.92 Å². The third-order valence-corrected chi connectivity index (χ3v) is 4.24. The number of fused-ring (bicyclic) bond motifs is 2. The van der Waals surface area contributed by atoms with Gasteiger partial charge < -0.3 is 5.73 Å². The molecule has 2 atom stereocenters. The van der Waals surface area contributed by atoms with E-state index >= 15 is 0 Å². The molecule has 0 aromatic heterocycles. The molecule has 0 amide bonds. The first-order valence-electron chi connectivity index (χ1n) is 6.00. The highest BCUT2D eigenvalue weighted by Crippen LogP contribution is 2.38. The van der Waals surface area contributed by atoms with Crippen molar-refractivity contribution >= 4 is 17.3 Å². The van der Waals surface area contributed by atoms with Crippen LogP contribution >= 0.6 is 11.6 Å². The summed E-state index contributed by atoms with van der Waals surface area (Å²) >= 11 is 6.01. The molecule has 3 rings (SSSR count). The second-order valence-electron chi connectivity index (χ2n) is 5.11. The molecule has 2 aliphatic rings. The van der Waals surface area contributed by atoms with Gasteiger partial charge in [-0.3, -0.25) is 4.90 Å². The minimum atomic E-state index is 0.786. The van der Waals surface area contributed by atoms with Crippen molar-refractivity contribution in [2.75, 3.05) is 12.3 Å². The van der Waals surface area contributed by atoms with Gasteiger partial charge in [0.2, 0.25) is 0 Å². The highest BCUT2D eigenvalue weighted by molar-refractivity contribution is 6.30. The number of anilines is 1. The fourth-order valence-corrected chi connectivity index (χ4v) is 3.35. The first kappa shape index (κ1) is 10.4. The number of nitrogens with two attached hydrogens (primary N) is 1. The number of benzene rings is 1. The Kier molecular flexibility index (Phi) is 2.56. The minimum Gasteiger partial charge on any atom is -0.398 e. The summed E-state index contributed by atoms with van der Waals surface area (Å²) < 4.78 is 0. The topological polar surface area (TPSA) is 29.3 Å². The van der Waals surface area contributed by atoms with E-state index in [1.807, 2.05) is 18.2 Å². The zero-order valence-corrected chi connectivity index (χ0v) is 10.1. The molecule has 1 aromatic rings. The molecule has 2 unspecified atom stereocenters. The average molecular weight is 237 g/mol. The van der Waals surface area contributed by atoms with Crippen LogP contribution in [0.15, 0.2) is 18.2 Å². The van der Waals surface area contributed by atoms with Crippen LogP contribution in [0.25, 0.3) is 0 Å². The third-order valence-electron chi connectivity index (χ3n) is 4.00. The lowest BCUT2D eigenvalue weighted by Gasteiger charge is -2.27. The number of nitrogens with zero attached hydrogens (tertiary/aromatic N) is 1. The lowest BCUT2D eigenvalue weighted by molar-refractivity contribution is 0.205. The Bertz CT molecular complexity index is 405. The first-order chi connectivity index (χ1) is 7.72. The molecular weight excluding hydrogens is 220 g/mol. The van der Waals surface area contributed by atoms with Crippen molar-refractivity contribution in [1.29, 1.82) is 0 Å².